The standard InChI is InChI=1S/C18H19NS/c1-2-8-14-13(6-1)7-5-10-16(14)19-17-12-20-18-11-4-3-9-15(17)18/h3-5,7,9-11,17,19H,1-2,6,8,12H2. The summed E-state index contributed by atoms with van der Waals surface area (Å²) < 4.78 is 0. The van der Waals surface area contributed by atoms with Crippen molar-refractivity contribution in [3.63, 3.8) is 0 Å². The van der Waals surface area contributed by atoms with Gasteiger partial charge in [-0.3, -0.25) is 0 Å². The highest BCUT2D eigenvalue weighted by atomic mass is 32.2. The molecule has 1 unspecified atom stereocenters. The molecule has 1 nitrogen and oxygen atoms in total. The fourth-order valence-corrected chi connectivity index (χ4v) is 4.55. The molecule has 0 spiro atoms. The van der Waals surface area contributed by atoms with Crippen molar-refractivity contribution in [2.45, 2.75) is 36.6 Å². The van der Waals surface area contributed by atoms with E-state index in [0.29, 0.717) is 6.04 Å². The van der Waals surface area contributed by atoms with Crippen molar-refractivity contribution >= 4 is 17.4 Å². The summed E-state index contributed by atoms with van der Waals surface area (Å²) >= 11 is 1.97. The van der Waals surface area contributed by atoms with E-state index in [2.05, 4.69) is 47.8 Å². The summed E-state index contributed by atoms with van der Waals surface area (Å²) in [6, 6.07) is 16.0. The zero-order valence-corrected chi connectivity index (χ0v) is 12.4. The van der Waals surface area contributed by atoms with E-state index in [4.69, 9.17) is 0 Å². The van der Waals surface area contributed by atoms with Gasteiger partial charge in [0.2, 0.25) is 0 Å². The second kappa shape index (κ2) is 5.17. The molecule has 1 aliphatic carbocycles. The van der Waals surface area contributed by atoms with Crippen LogP contribution in [-0.4, -0.2) is 5.75 Å². The molecule has 2 heteroatoms. The highest BCUT2D eigenvalue weighted by Gasteiger charge is 2.23. The Kier molecular flexibility index (Phi) is 3.19. The van der Waals surface area contributed by atoms with Crippen molar-refractivity contribution in [3.05, 3.63) is 59.2 Å². The Morgan fingerprint density at radius 3 is 2.85 bits per heavy atom. The second-order valence-electron chi connectivity index (χ2n) is 5.70. The number of anilines is 1. The van der Waals surface area contributed by atoms with Crippen LogP contribution in [0.2, 0.25) is 0 Å². The molecule has 2 aliphatic rings. The average Bonchev–Trinajstić information content (AvgIpc) is 2.91. The Bertz CT molecular complexity index is 635. The fraction of sp³-hybridized carbons (Fsp3) is 0.333. The first-order valence-electron chi connectivity index (χ1n) is 7.51. The molecule has 2 aromatic rings. The Balaban J connectivity index is 1.65. The summed E-state index contributed by atoms with van der Waals surface area (Å²) in [5.41, 5.74) is 5.95. The van der Waals surface area contributed by atoms with Crippen molar-refractivity contribution in [3.8, 4) is 0 Å². The van der Waals surface area contributed by atoms with E-state index in [1.807, 2.05) is 11.8 Å². The molecule has 0 saturated heterocycles. The monoisotopic (exact) mass is 281 g/mol. The summed E-state index contributed by atoms with van der Waals surface area (Å²) in [7, 11) is 0. The van der Waals surface area contributed by atoms with Crippen LogP contribution in [0.3, 0.4) is 0 Å². The lowest BCUT2D eigenvalue weighted by molar-refractivity contribution is 0.685. The van der Waals surface area contributed by atoms with Gasteiger partial charge >= 0.3 is 0 Å². The summed E-state index contributed by atoms with van der Waals surface area (Å²) in [5, 5.41) is 3.80. The van der Waals surface area contributed by atoms with Gasteiger partial charge in [-0.25, -0.2) is 0 Å². The zero-order valence-electron chi connectivity index (χ0n) is 11.6. The number of benzene rings is 2. The summed E-state index contributed by atoms with van der Waals surface area (Å²) in [6.45, 7) is 0. The number of aryl methyl sites for hydroxylation is 1. The summed E-state index contributed by atoms with van der Waals surface area (Å²) in [6.07, 6.45) is 5.17. The molecule has 0 bridgehead atoms. The summed E-state index contributed by atoms with van der Waals surface area (Å²) in [4.78, 5) is 1.44. The minimum atomic E-state index is 0.463. The SMILES string of the molecule is c1cc2c(c(NC3CSc4ccccc43)c1)CCCC2. The number of rotatable bonds is 2. The molecule has 1 aliphatic heterocycles. The van der Waals surface area contributed by atoms with Crippen molar-refractivity contribution < 1.29 is 0 Å². The number of hydrogen-bond acceptors (Lipinski definition) is 2. The molecule has 2 aromatic carbocycles. The van der Waals surface area contributed by atoms with Crippen molar-refractivity contribution in [2.75, 3.05) is 11.1 Å². The first-order chi connectivity index (χ1) is 9.92. The van der Waals surface area contributed by atoms with Crippen LogP contribution in [0.15, 0.2) is 47.4 Å². The number of fused-ring (bicyclic) bond motifs is 2. The Labute approximate surface area is 124 Å². The van der Waals surface area contributed by atoms with Crippen LogP contribution < -0.4 is 5.32 Å². The third kappa shape index (κ3) is 2.12. The smallest absolute Gasteiger partial charge is 0.0618 e. The molecule has 0 saturated carbocycles. The van der Waals surface area contributed by atoms with Gasteiger partial charge in [-0.15, -0.1) is 11.8 Å². The predicted octanol–water partition coefficient (Wildman–Crippen LogP) is 4.82. The maximum atomic E-state index is 3.80. The molecule has 4 rings (SSSR count). The normalized spacial score (nSPS) is 20.3. The summed E-state index contributed by atoms with van der Waals surface area (Å²) in [5.74, 6) is 1.14. The van der Waals surface area contributed by atoms with Gasteiger partial charge in [0, 0.05) is 16.3 Å². The van der Waals surface area contributed by atoms with Gasteiger partial charge in [0.05, 0.1) is 6.04 Å². The van der Waals surface area contributed by atoms with Gasteiger partial charge in [-0.2, -0.15) is 0 Å². The van der Waals surface area contributed by atoms with Gasteiger partial charge < -0.3 is 5.32 Å². The quantitative estimate of drug-likeness (QED) is 0.846. The third-order valence-electron chi connectivity index (χ3n) is 4.43. The number of nitrogens with one attached hydrogen (secondary N) is 1. The van der Waals surface area contributed by atoms with Crippen LogP contribution in [0.4, 0.5) is 5.69 Å². The van der Waals surface area contributed by atoms with Crippen LogP contribution in [0.25, 0.3) is 0 Å². The molecule has 20 heavy (non-hydrogen) atoms. The maximum absolute atomic E-state index is 3.80. The lowest BCUT2D eigenvalue weighted by atomic mass is 9.90. The van der Waals surface area contributed by atoms with Gasteiger partial charge in [0.1, 0.15) is 0 Å². The van der Waals surface area contributed by atoms with Gasteiger partial charge in [-0.1, -0.05) is 30.3 Å². The molecule has 1 atom stereocenters. The molecule has 1 heterocycles. The highest BCUT2D eigenvalue weighted by molar-refractivity contribution is 7.99. The van der Waals surface area contributed by atoms with E-state index in [1.54, 1.807) is 11.1 Å². The second-order valence-corrected chi connectivity index (χ2v) is 6.76. The molecular formula is C18H19NS. The molecule has 1 N–H and O–H groups in total. The van der Waals surface area contributed by atoms with Crippen LogP contribution in [0.1, 0.15) is 35.6 Å². The minimum Gasteiger partial charge on any atom is -0.377 e. The van der Waals surface area contributed by atoms with Gasteiger partial charge in [0.15, 0.2) is 0 Å². The largest absolute Gasteiger partial charge is 0.377 e. The average molecular weight is 281 g/mol. The fourth-order valence-electron chi connectivity index (χ4n) is 3.39. The van der Waals surface area contributed by atoms with E-state index < -0.39 is 0 Å². The van der Waals surface area contributed by atoms with Crippen LogP contribution in [0, 0.1) is 0 Å². The van der Waals surface area contributed by atoms with Gasteiger partial charge in [0.25, 0.3) is 0 Å². The highest BCUT2D eigenvalue weighted by Crippen LogP contribution is 2.40. The van der Waals surface area contributed by atoms with E-state index >= 15 is 0 Å². The van der Waals surface area contributed by atoms with Crippen LogP contribution >= 0.6 is 11.8 Å². The Hall–Kier alpha value is -1.41. The van der Waals surface area contributed by atoms with Crippen molar-refractivity contribution in [1.82, 2.24) is 0 Å². The van der Waals surface area contributed by atoms with Crippen molar-refractivity contribution in [2.24, 2.45) is 0 Å². The lowest BCUT2D eigenvalue weighted by Gasteiger charge is -2.23. The minimum absolute atomic E-state index is 0.463. The Morgan fingerprint density at radius 2 is 1.85 bits per heavy atom. The first-order valence-corrected chi connectivity index (χ1v) is 8.49. The predicted molar refractivity (Wildman–Crippen MR) is 86.6 cm³/mol. The molecule has 0 aromatic heterocycles. The van der Waals surface area contributed by atoms with Gasteiger partial charge in [-0.05, 0) is 54.5 Å². The van der Waals surface area contributed by atoms with E-state index in [-0.39, 0.29) is 0 Å². The van der Waals surface area contributed by atoms with E-state index in [1.165, 1.54) is 41.8 Å². The Morgan fingerprint density at radius 1 is 0.950 bits per heavy atom. The molecule has 0 amide bonds. The van der Waals surface area contributed by atoms with Crippen LogP contribution in [0.5, 0.6) is 0 Å². The zero-order chi connectivity index (χ0) is 13.4. The third-order valence-corrected chi connectivity index (χ3v) is 5.61. The molecule has 0 fully saturated rings. The van der Waals surface area contributed by atoms with E-state index in [0.717, 1.165) is 5.75 Å². The molecule has 102 valence electrons. The first kappa shape index (κ1) is 12.3. The topological polar surface area (TPSA) is 12.0 Å². The van der Waals surface area contributed by atoms with E-state index in [9.17, 15) is 0 Å². The maximum Gasteiger partial charge on any atom is 0.0618 e. The number of hydrogen-bond donors (Lipinski definition) is 1. The lowest BCUT2D eigenvalue weighted by Crippen LogP contribution is -2.13. The molecular weight excluding hydrogens is 262 g/mol. The van der Waals surface area contributed by atoms with Crippen LogP contribution in [-0.2, 0) is 12.8 Å². The molecule has 0 radical (unpaired) electrons. The van der Waals surface area contributed by atoms with Crippen molar-refractivity contribution in [1.29, 1.82) is 0 Å². The number of thioether (sulfide) groups is 1.